The Labute approximate surface area is 121 Å². The summed E-state index contributed by atoms with van der Waals surface area (Å²) in [6.45, 7) is 5.42. The number of sulfonamides is 1. The van der Waals surface area contributed by atoms with Crippen molar-refractivity contribution >= 4 is 37.3 Å². The van der Waals surface area contributed by atoms with Gasteiger partial charge in [-0.05, 0) is 59.7 Å². The van der Waals surface area contributed by atoms with E-state index in [1.807, 2.05) is 6.92 Å². The van der Waals surface area contributed by atoms with Crippen molar-refractivity contribution in [2.75, 3.05) is 13.1 Å². The number of thiophene rings is 1. The van der Waals surface area contributed by atoms with E-state index in [2.05, 4.69) is 22.9 Å². The van der Waals surface area contributed by atoms with Gasteiger partial charge in [-0.15, -0.1) is 11.3 Å². The van der Waals surface area contributed by atoms with Gasteiger partial charge in [0.15, 0.2) is 0 Å². The van der Waals surface area contributed by atoms with Crippen LogP contribution in [0.4, 0.5) is 0 Å². The maximum atomic E-state index is 12.5. The van der Waals surface area contributed by atoms with Gasteiger partial charge in [-0.2, -0.15) is 4.31 Å². The SMILES string of the molecule is Cc1cc(S(=O)(=O)N2CCCC(C)CC2)sc1Br. The Hall–Kier alpha value is 0.0900. The summed E-state index contributed by atoms with van der Waals surface area (Å²) in [5.74, 6) is 0.627. The molecule has 0 radical (unpaired) electrons. The maximum Gasteiger partial charge on any atom is 0.252 e. The average Bonchev–Trinajstić information content (AvgIpc) is 2.52. The van der Waals surface area contributed by atoms with E-state index in [-0.39, 0.29) is 0 Å². The molecule has 0 aromatic carbocycles. The third-order valence-electron chi connectivity index (χ3n) is 3.40. The van der Waals surface area contributed by atoms with E-state index in [0.717, 1.165) is 28.6 Å². The van der Waals surface area contributed by atoms with Crippen molar-refractivity contribution in [1.29, 1.82) is 0 Å². The third-order valence-corrected chi connectivity index (χ3v) is 7.89. The lowest BCUT2D eigenvalue weighted by Crippen LogP contribution is -2.31. The molecule has 0 saturated carbocycles. The summed E-state index contributed by atoms with van der Waals surface area (Å²) >= 11 is 4.70. The molecule has 6 heteroatoms. The van der Waals surface area contributed by atoms with Crippen LogP contribution in [0, 0.1) is 12.8 Å². The fourth-order valence-electron chi connectivity index (χ4n) is 2.16. The zero-order valence-corrected chi connectivity index (χ0v) is 13.9. The van der Waals surface area contributed by atoms with E-state index in [1.165, 1.54) is 11.3 Å². The van der Waals surface area contributed by atoms with Gasteiger partial charge in [0.05, 0.1) is 3.79 Å². The minimum Gasteiger partial charge on any atom is -0.206 e. The molecule has 0 bridgehead atoms. The summed E-state index contributed by atoms with van der Waals surface area (Å²) in [6, 6.07) is 1.76. The summed E-state index contributed by atoms with van der Waals surface area (Å²) in [4.78, 5) is 0. The molecular weight excluding hydrogens is 334 g/mol. The number of nitrogens with zero attached hydrogens (tertiary/aromatic N) is 1. The van der Waals surface area contributed by atoms with Gasteiger partial charge >= 0.3 is 0 Å². The molecule has 1 aliphatic heterocycles. The standard InChI is InChI=1S/C12H18BrNO2S2/c1-9-4-3-6-14(7-5-9)18(15,16)11-8-10(2)12(13)17-11/h8-9H,3-7H2,1-2H3. The highest BCUT2D eigenvalue weighted by Crippen LogP contribution is 2.33. The van der Waals surface area contributed by atoms with Crippen LogP contribution in [0.5, 0.6) is 0 Å². The second-order valence-electron chi connectivity index (χ2n) is 4.96. The molecule has 3 nitrogen and oxygen atoms in total. The van der Waals surface area contributed by atoms with Gasteiger partial charge in [0.2, 0.25) is 0 Å². The monoisotopic (exact) mass is 351 g/mol. The molecule has 1 aromatic heterocycles. The number of rotatable bonds is 2. The Morgan fingerprint density at radius 1 is 1.39 bits per heavy atom. The normalized spacial score (nSPS) is 22.9. The highest BCUT2D eigenvalue weighted by molar-refractivity contribution is 9.11. The van der Waals surface area contributed by atoms with Gasteiger partial charge in [0.25, 0.3) is 10.0 Å². The molecule has 18 heavy (non-hydrogen) atoms. The van der Waals surface area contributed by atoms with Crippen LogP contribution < -0.4 is 0 Å². The average molecular weight is 352 g/mol. The van der Waals surface area contributed by atoms with Crippen molar-refractivity contribution < 1.29 is 8.42 Å². The molecule has 1 saturated heterocycles. The Morgan fingerprint density at radius 2 is 2.11 bits per heavy atom. The molecule has 2 rings (SSSR count). The Balaban J connectivity index is 2.25. The third kappa shape index (κ3) is 2.98. The maximum absolute atomic E-state index is 12.5. The molecule has 0 aliphatic carbocycles. The van der Waals surface area contributed by atoms with Gasteiger partial charge < -0.3 is 0 Å². The first-order chi connectivity index (χ1) is 8.41. The second kappa shape index (κ2) is 5.61. The van der Waals surface area contributed by atoms with E-state index in [9.17, 15) is 8.42 Å². The van der Waals surface area contributed by atoms with Gasteiger partial charge in [-0.25, -0.2) is 8.42 Å². The quantitative estimate of drug-likeness (QED) is 0.815. The van der Waals surface area contributed by atoms with E-state index in [0.29, 0.717) is 23.2 Å². The van der Waals surface area contributed by atoms with E-state index in [1.54, 1.807) is 10.4 Å². The first-order valence-electron chi connectivity index (χ1n) is 6.17. The zero-order valence-electron chi connectivity index (χ0n) is 10.6. The number of hydrogen-bond acceptors (Lipinski definition) is 3. The number of aryl methyl sites for hydroxylation is 1. The molecule has 1 unspecified atom stereocenters. The summed E-state index contributed by atoms with van der Waals surface area (Å²) < 4.78 is 28.1. The van der Waals surface area contributed by atoms with Crippen molar-refractivity contribution in [3.63, 3.8) is 0 Å². The minimum absolute atomic E-state index is 0.460. The van der Waals surface area contributed by atoms with Crippen LogP contribution in [0.15, 0.2) is 14.1 Å². The van der Waals surface area contributed by atoms with Crippen LogP contribution in [0.1, 0.15) is 31.7 Å². The minimum atomic E-state index is -3.29. The van der Waals surface area contributed by atoms with Crippen LogP contribution in [0.25, 0.3) is 0 Å². The van der Waals surface area contributed by atoms with Crippen molar-refractivity contribution in [1.82, 2.24) is 4.31 Å². The topological polar surface area (TPSA) is 37.4 Å². The lowest BCUT2D eigenvalue weighted by Gasteiger charge is -2.18. The lowest BCUT2D eigenvalue weighted by molar-refractivity contribution is 0.418. The van der Waals surface area contributed by atoms with Crippen molar-refractivity contribution in [2.24, 2.45) is 5.92 Å². The van der Waals surface area contributed by atoms with Crippen molar-refractivity contribution in [2.45, 2.75) is 37.3 Å². The molecule has 1 atom stereocenters. The molecule has 0 N–H and O–H groups in total. The highest BCUT2D eigenvalue weighted by Gasteiger charge is 2.28. The summed E-state index contributed by atoms with van der Waals surface area (Å²) in [5.41, 5.74) is 0.988. The van der Waals surface area contributed by atoms with Crippen molar-refractivity contribution in [3.05, 3.63) is 15.4 Å². The Morgan fingerprint density at radius 3 is 2.72 bits per heavy atom. The van der Waals surface area contributed by atoms with E-state index >= 15 is 0 Å². The van der Waals surface area contributed by atoms with Gasteiger partial charge in [-0.1, -0.05) is 6.92 Å². The molecule has 102 valence electrons. The Kier molecular flexibility index (Phi) is 4.52. The highest BCUT2D eigenvalue weighted by atomic mass is 79.9. The molecule has 1 aliphatic rings. The van der Waals surface area contributed by atoms with Crippen LogP contribution >= 0.6 is 27.3 Å². The lowest BCUT2D eigenvalue weighted by atomic mass is 10.0. The molecule has 2 heterocycles. The fourth-order valence-corrected chi connectivity index (χ4v) is 6.04. The first kappa shape index (κ1) is 14.5. The summed E-state index contributed by atoms with van der Waals surface area (Å²) in [5, 5.41) is 0. The largest absolute Gasteiger partial charge is 0.252 e. The molecule has 0 spiro atoms. The number of halogens is 1. The van der Waals surface area contributed by atoms with E-state index in [4.69, 9.17) is 0 Å². The number of hydrogen-bond donors (Lipinski definition) is 0. The molecule has 0 amide bonds. The first-order valence-corrected chi connectivity index (χ1v) is 9.22. The Bertz CT molecular complexity index is 505. The van der Waals surface area contributed by atoms with Crippen LogP contribution in [-0.4, -0.2) is 25.8 Å². The molecule has 1 fully saturated rings. The van der Waals surface area contributed by atoms with Crippen LogP contribution in [0.3, 0.4) is 0 Å². The zero-order chi connectivity index (χ0) is 13.3. The summed E-state index contributed by atoms with van der Waals surface area (Å²) in [7, 11) is -3.29. The van der Waals surface area contributed by atoms with E-state index < -0.39 is 10.0 Å². The van der Waals surface area contributed by atoms with Crippen molar-refractivity contribution in [3.8, 4) is 0 Å². The van der Waals surface area contributed by atoms with Crippen LogP contribution in [0.2, 0.25) is 0 Å². The predicted molar refractivity (Wildman–Crippen MR) is 78.5 cm³/mol. The predicted octanol–water partition coefficient (Wildman–Crippen LogP) is 3.63. The molecule has 1 aromatic rings. The van der Waals surface area contributed by atoms with Gasteiger partial charge in [-0.3, -0.25) is 0 Å². The molecular formula is C12H18BrNO2S2. The van der Waals surface area contributed by atoms with Gasteiger partial charge in [0.1, 0.15) is 4.21 Å². The smallest absolute Gasteiger partial charge is 0.206 e. The van der Waals surface area contributed by atoms with Crippen LogP contribution in [-0.2, 0) is 10.0 Å². The summed E-state index contributed by atoms with van der Waals surface area (Å²) in [6.07, 6.45) is 3.05. The fraction of sp³-hybridized carbons (Fsp3) is 0.667. The van der Waals surface area contributed by atoms with Gasteiger partial charge in [0, 0.05) is 13.1 Å². The second-order valence-corrected chi connectivity index (χ2v) is 9.50.